The molecule has 1 heterocycles. The number of rotatable bonds is 4. The molecule has 0 fully saturated rings. The van der Waals surface area contributed by atoms with Crippen LogP contribution in [0.2, 0.25) is 0 Å². The van der Waals surface area contributed by atoms with E-state index in [1.54, 1.807) is 6.07 Å². The molecule has 0 atom stereocenters. The second-order valence-corrected chi connectivity index (χ2v) is 4.24. The standard InChI is InChI=1S/C13H13F4N3/c1-2-18-8-9-5-10(14)7-11(6-9)20-4-3-12(19-20)13(15,16)17/h3-7,18H,2,8H2,1H3. The first-order valence-electron chi connectivity index (χ1n) is 6.03. The summed E-state index contributed by atoms with van der Waals surface area (Å²) in [6.07, 6.45) is -3.35. The molecule has 20 heavy (non-hydrogen) atoms. The summed E-state index contributed by atoms with van der Waals surface area (Å²) >= 11 is 0. The van der Waals surface area contributed by atoms with E-state index in [1.807, 2.05) is 6.92 Å². The Hall–Kier alpha value is -1.89. The first kappa shape index (κ1) is 14.5. The average Bonchev–Trinajstić information content (AvgIpc) is 2.85. The molecule has 2 aromatic rings. The van der Waals surface area contributed by atoms with Gasteiger partial charge in [-0.25, -0.2) is 9.07 Å². The van der Waals surface area contributed by atoms with Crippen molar-refractivity contribution in [2.45, 2.75) is 19.6 Å². The number of aromatic nitrogens is 2. The maximum absolute atomic E-state index is 13.5. The van der Waals surface area contributed by atoms with Crippen molar-refractivity contribution >= 4 is 0 Å². The summed E-state index contributed by atoms with van der Waals surface area (Å²) in [6, 6.07) is 4.93. The van der Waals surface area contributed by atoms with Crippen molar-refractivity contribution < 1.29 is 17.6 Å². The number of nitrogens with one attached hydrogen (secondary N) is 1. The molecule has 0 bridgehead atoms. The molecule has 0 radical (unpaired) electrons. The fourth-order valence-electron chi connectivity index (χ4n) is 1.76. The minimum absolute atomic E-state index is 0.258. The molecule has 0 saturated carbocycles. The van der Waals surface area contributed by atoms with Gasteiger partial charge in [-0.2, -0.15) is 18.3 Å². The van der Waals surface area contributed by atoms with Crippen molar-refractivity contribution in [1.82, 2.24) is 15.1 Å². The third-order valence-electron chi connectivity index (χ3n) is 2.67. The summed E-state index contributed by atoms with van der Waals surface area (Å²) in [7, 11) is 0. The Morgan fingerprint density at radius 1 is 1.25 bits per heavy atom. The Kier molecular flexibility index (Phi) is 4.08. The van der Waals surface area contributed by atoms with Gasteiger partial charge in [-0.3, -0.25) is 0 Å². The van der Waals surface area contributed by atoms with Crippen molar-refractivity contribution in [3.05, 3.63) is 47.5 Å². The number of halogens is 4. The monoisotopic (exact) mass is 287 g/mol. The molecule has 0 unspecified atom stereocenters. The fourth-order valence-corrected chi connectivity index (χ4v) is 1.76. The molecular weight excluding hydrogens is 274 g/mol. The van der Waals surface area contributed by atoms with Crippen molar-refractivity contribution in [1.29, 1.82) is 0 Å². The maximum Gasteiger partial charge on any atom is 0.435 e. The van der Waals surface area contributed by atoms with Crippen LogP contribution in [0.3, 0.4) is 0 Å². The molecule has 2 rings (SSSR count). The summed E-state index contributed by atoms with van der Waals surface area (Å²) in [4.78, 5) is 0. The second-order valence-electron chi connectivity index (χ2n) is 4.24. The Morgan fingerprint density at radius 3 is 2.60 bits per heavy atom. The third-order valence-corrected chi connectivity index (χ3v) is 2.67. The predicted octanol–water partition coefficient (Wildman–Crippen LogP) is 3.14. The molecule has 108 valence electrons. The van der Waals surface area contributed by atoms with Crippen molar-refractivity contribution in [3.63, 3.8) is 0 Å². The molecule has 0 saturated heterocycles. The molecule has 3 nitrogen and oxygen atoms in total. The van der Waals surface area contributed by atoms with E-state index < -0.39 is 17.7 Å². The van der Waals surface area contributed by atoms with Crippen LogP contribution in [0.4, 0.5) is 17.6 Å². The summed E-state index contributed by atoms with van der Waals surface area (Å²) in [5.41, 5.74) is -0.102. The summed E-state index contributed by atoms with van der Waals surface area (Å²) in [5, 5.41) is 6.44. The van der Waals surface area contributed by atoms with Crippen LogP contribution in [0, 0.1) is 5.82 Å². The Morgan fingerprint density at radius 2 is 2.00 bits per heavy atom. The average molecular weight is 287 g/mol. The van der Waals surface area contributed by atoms with E-state index in [4.69, 9.17) is 0 Å². The lowest BCUT2D eigenvalue weighted by molar-refractivity contribution is -0.141. The van der Waals surface area contributed by atoms with Gasteiger partial charge in [0, 0.05) is 12.7 Å². The van der Waals surface area contributed by atoms with E-state index >= 15 is 0 Å². The summed E-state index contributed by atoms with van der Waals surface area (Å²) < 4.78 is 52.0. The molecule has 0 aliphatic heterocycles. The minimum Gasteiger partial charge on any atom is -0.313 e. The lowest BCUT2D eigenvalue weighted by Gasteiger charge is -2.07. The van der Waals surface area contributed by atoms with Crippen LogP contribution < -0.4 is 5.32 Å². The van der Waals surface area contributed by atoms with Crippen molar-refractivity contribution in [3.8, 4) is 5.69 Å². The van der Waals surface area contributed by atoms with Gasteiger partial charge in [0.25, 0.3) is 0 Å². The fraction of sp³-hybridized carbons (Fsp3) is 0.308. The van der Waals surface area contributed by atoms with E-state index in [2.05, 4.69) is 10.4 Å². The van der Waals surface area contributed by atoms with Crippen LogP contribution in [-0.2, 0) is 12.7 Å². The third kappa shape index (κ3) is 3.36. The lowest BCUT2D eigenvalue weighted by atomic mass is 10.2. The van der Waals surface area contributed by atoms with Gasteiger partial charge < -0.3 is 5.32 Å². The highest BCUT2D eigenvalue weighted by Gasteiger charge is 2.33. The number of hydrogen-bond donors (Lipinski definition) is 1. The number of benzene rings is 1. The molecule has 0 aliphatic carbocycles. The highest BCUT2D eigenvalue weighted by Crippen LogP contribution is 2.28. The number of alkyl halides is 3. The van der Waals surface area contributed by atoms with E-state index in [0.717, 1.165) is 23.0 Å². The molecule has 1 aromatic carbocycles. The second kappa shape index (κ2) is 5.62. The van der Waals surface area contributed by atoms with E-state index in [1.165, 1.54) is 6.07 Å². The highest BCUT2D eigenvalue weighted by atomic mass is 19.4. The molecule has 0 amide bonds. The van der Waals surface area contributed by atoms with Crippen LogP contribution in [0.15, 0.2) is 30.5 Å². The van der Waals surface area contributed by atoms with Crippen LogP contribution in [0.1, 0.15) is 18.2 Å². The lowest BCUT2D eigenvalue weighted by Crippen LogP contribution is -2.12. The van der Waals surface area contributed by atoms with Gasteiger partial charge in [0.05, 0.1) is 5.69 Å². The van der Waals surface area contributed by atoms with Crippen LogP contribution in [0.5, 0.6) is 0 Å². The number of nitrogens with zero attached hydrogens (tertiary/aromatic N) is 2. The number of hydrogen-bond acceptors (Lipinski definition) is 2. The maximum atomic E-state index is 13.5. The molecule has 0 aliphatic rings. The molecule has 1 aromatic heterocycles. The predicted molar refractivity (Wildman–Crippen MR) is 65.9 cm³/mol. The smallest absolute Gasteiger partial charge is 0.313 e. The van der Waals surface area contributed by atoms with Crippen LogP contribution in [-0.4, -0.2) is 16.3 Å². The topological polar surface area (TPSA) is 29.9 Å². The zero-order valence-electron chi connectivity index (χ0n) is 10.7. The quantitative estimate of drug-likeness (QED) is 0.876. The van der Waals surface area contributed by atoms with E-state index in [9.17, 15) is 17.6 Å². The largest absolute Gasteiger partial charge is 0.435 e. The first-order valence-corrected chi connectivity index (χ1v) is 6.03. The van der Waals surface area contributed by atoms with Gasteiger partial charge in [0.1, 0.15) is 5.82 Å². The van der Waals surface area contributed by atoms with Gasteiger partial charge >= 0.3 is 6.18 Å². The highest BCUT2D eigenvalue weighted by molar-refractivity contribution is 5.36. The van der Waals surface area contributed by atoms with Crippen LogP contribution in [0.25, 0.3) is 5.69 Å². The van der Waals surface area contributed by atoms with Gasteiger partial charge in [0.15, 0.2) is 5.69 Å². The van der Waals surface area contributed by atoms with Crippen molar-refractivity contribution in [2.75, 3.05) is 6.54 Å². The van der Waals surface area contributed by atoms with E-state index in [-0.39, 0.29) is 5.69 Å². The molecule has 1 N–H and O–H groups in total. The molecule has 7 heteroatoms. The van der Waals surface area contributed by atoms with Gasteiger partial charge in [-0.1, -0.05) is 6.92 Å². The molecular formula is C13H13F4N3. The van der Waals surface area contributed by atoms with Crippen molar-refractivity contribution in [2.24, 2.45) is 0 Å². The Labute approximate surface area is 113 Å². The molecule has 0 spiro atoms. The normalized spacial score (nSPS) is 11.8. The SMILES string of the molecule is CCNCc1cc(F)cc(-n2ccc(C(F)(F)F)n2)c1. The Bertz CT molecular complexity index is 590. The van der Waals surface area contributed by atoms with Gasteiger partial charge in [0.2, 0.25) is 0 Å². The zero-order valence-corrected chi connectivity index (χ0v) is 10.7. The van der Waals surface area contributed by atoms with Gasteiger partial charge in [-0.05, 0) is 36.4 Å². The minimum atomic E-state index is -4.51. The summed E-state index contributed by atoms with van der Waals surface area (Å²) in [5.74, 6) is -0.514. The van der Waals surface area contributed by atoms with Crippen LogP contribution >= 0.6 is 0 Å². The summed E-state index contributed by atoms with van der Waals surface area (Å²) in [6.45, 7) is 3.06. The van der Waals surface area contributed by atoms with Gasteiger partial charge in [-0.15, -0.1) is 0 Å². The first-order chi connectivity index (χ1) is 9.40. The van der Waals surface area contributed by atoms with E-state index in [0.29, 0.717) is 18.7 Å². The Balaban J connectivity index is 2.32. The zero-order chi connectivity index (χ0) is 14.8.